The van der Waals surface area contributed by atoms with Crippen molar-refractivity contribution >= 4 is 17.0 Å². The number of allylic oxidation sites excluding steroid dienone is 1. The van der Waals surface area contributed by atoms with Crippen LogP contribution in [-0.2, 0) is 13.5 Å². The average Bonchev–Trinajstić information content (AvgIpc) is 2.44. The standard InChI is InChI=1S/C15H15NO2/c1-16-13-6-4-3-5-11(13)15(17)12-8-7-10(18-2)9-14(12)16/h4,6-9H,3,5H2,1-2H3. The molecule has 0 atom stereocenters. The van der Waals surface area contributed by atoms with Gasteiger partial charge in [0.1, 0.15) is 5.75 Å². The van der Waals surface area contributed by atoms with Gasteiger partial charge in [-0.05, 0) is 31.1 Å². The Balaban J connectivity index is 2.45. The van der Waals surface area contributed by atoms with Gasteiger partial charge in [0.25, 0.3) is 0 Å². The summed E-state index contributed by atoms with van der Waals surface area (Å²) in [5, 5.41) is 0.771. The zero-order chi connectivity index (χ0) is 12.7. The number of ether oxygens (including phenoxy) is 1. The highest BCUT2D eigenvalue weighted by Crippen LogP contribution is 2.24. The molecule has 0 radical (unpaired) electrons. The van der Waals surface area contributed by atoms with Gasteiger partial charge in [-0.25, -0.2) is 0 Å². The van der Waals surface area contributed by atoms with Crippen molar-refractivity contribution in [3.8, 4) is 5.75 Å². The van der Waals surface area contributed by atoms with Crippen LogP contribution in [-0.4, -0.2) is 11.7 Å². The van der Waals surface area contributed by atoms with E-state index in [1.165, 1.54) is 0 Å². The zero-order valence-electron chi connectivity index (χ0n) is 10.6. The van der Waals surface area contributed by atoms with Gasteiger partial charge in [0.2, 0.25) is 0 Å². The lowest BCUT2D eigenvalue weighted by Gasteiger charge is -2.17. The number of pyridine rings is 1. The van der Waals surface area contributed by atoms with Crippen molar-refractivity contribution in [2.45, 2.75) is 12.8 Å². The number of hydrogen-bond donors (Lipinski definition) is 0. The van der Waals surface area contributed by atoms with E-state index in [2.05, 4.69) is 10.6 Å². The summed E-state index contributed by atoms with van der Waals surface area (Å²) in [6.07, 6.45) is 5.94. The number of nitrogens with zero attached hydrogens (tertiary/aromatic N) is 1. The van der Waals surface area contributed by atoms with E-state index in [9.17, 15) is 4.79 Å². The second-order valence-corrected chi connectivity index (χ2v) is 4.58. The molecule has 3 heteroatoms. The Labute approximate surface area is 105 Å². The minimum Gasteiger partial charge on any atom is -0.497 e. The third kappa shape index (κ3) is 1.47. The van der Waals surface area contributed by atoms with Gasteiger partial charge >= 0.3 is 0 Å². The van der Waals surface area contributed by atoms with E-state index in [1.54, 1.807) is 7.11 Å². The van der Waals surface area contributed by atoms with Gasteiger partial charge in [0.05, 0.1) is 12.6 Å². The fourth-order valence-electron chi connectivity index (χ4n) is 2.60. The predicted molar refractivity (Wildman–Crippen MR) is 73.1 cm³/mol. The molecule has 0 aliphatic heterocycles. The molecule has 0 N–H and O–H groups in total. The van der Waals surface area contributed by atoms with E-state index in [1.807, 2.05) is 31.3 Å². The van der Waals surface area contributed by atoms with E-state index < -0.39 is 0 Å². The molecular weight excluding hydrogens is 226 g/mol. The first kappa shape index (κ1) is 11.1. The van der Waals surface area contributed by atoms with Crippen LogP contribution < -0.4 is 10.2 Å². The lowest BCUT2D eigenvalue weighted by Crippen LogP contribution is -2.18. The molecular formula is C15H15NO2. The van der Waals surface area contributed by atoms with Crippen LogP contribution in [0, 0.1) is 0 Å². The summed E-state index contributed by atoms with van der Waals surface area (Å²) in [7, 11) is 3.63. The predicted octanol–water partition coefficient (Wildman–Crippen LogP) is 2.51. The maximum absolute atomic E-state index is 12.4. The van der Waals surface area contributed by atoms with Crippen molar-refractivity contribution in [1.82, 2.24) is 4.57 Å². The van der Waals surface area contributed by atoms with E-state index in [4.69, 9.17) is 4.74 Å². The molecule has 0 spiro atoms. The summed E-state index contributed by atoms with van der Waals surface area (Å²) in [6.45, 7) is 0. The van der Waals surface area contributed by atoms with Gasteiger partial charge in [0, 0.05) is 29.8 Å². The summed E-state index contributed by atoms with van der Waals surface area (Å²) in [4.78, 5) is 12.4. The Morgan fingerprint density at radius 1 is 1.33 bits per heavy atom. The number of rotatable bonds is 1. The summed E-state index contributed by atoms with van der Waals surface area (Å²) in [5.74, 6) is 0.775. The SMILES string of the molecule is COc1ccc2c(=O)c3c(n(C)c2c1)C=CCC3. The number of aromatic nitrogens is 1. The molecule has 1 aromatic heterocycles. The fraction of sp³-hybridized carbons (Fsp3) is 0.267. The minimum absolute atomic E-state index is 0.158. The van der Waals surface area contributed by atoms with Crippen molar-refractivity contribution in [2.75, 3.05) is 7.11 Å². The molecule has 1 aromatic carbocycles. The Kier molecular flexibility index (Phi) is 2.47. The molecule has 18 heavy (non-hydrogen) atoms. The van der Waals surface area contributed by atoms with Crippen LogP contribution in [0.2, 0.25) is 0 Å². The average molecular weight is 241 g/mol. The van der Waals surface area contributed by atoms with E-state index in [-0.39, 0.29) is 5.43 Å². The van der Waals surface area contributed by atoms with Gasteiger partial charge in [-0.15, -0.1) is 0 Å². The monoisotopic (exact) mass is 241 g/mol. The number of hydrogen-bond acceptors (Lipinski definition) is 2. The van der Waals surface area contributed by atoms with Gasteiger partial charge in [0.15, 0.2) is 5.43 Å². The largest absolute Gasteiger partial charge is 0.497 e. The Morgan fingerprint density at radius 2 is 2.17 bits per heavy atom. The quantitative estimate of drug-likeness (QED) is 0.768. The van der Waals surface area contributed by atoms with Crippen molar-refractivity contribution in [3.05, 3.63) is 45.8 Å². The van der Waals surface area contributed by atoms with Crippen LogP contribution in [0.5, 0.6) is 5.75 Å². The lowest BCUT2D eigenvalue weighted by atomic mass is 9.98. The first-order chi connectivity index (χ1) is 8.72. The highest BCUT2D eigenvalue weighted by molar-refractivity contribution is 5.83. The molecule has 0 saturated carbocycles. The third-order valence-electron chi connectivity index (χ3n) is 3.59. The zero-order valence-corrected chi connectivity index (χ0v) is 10.6. The van der Waals surface area contributed by atoms with Crippen molar-refractivity contribution < 1.29 is 4.74 Å². The van der Waals surface area contributed by atoms with Crippen LogP contribution >= 0.6 is 0 Å². The van der Waals surface area contributed by atoms with Crippen LogP contribution in [0.25, 0.3) is 17.0 Å². The molecule has 0 amide bonds. The smallest absolute Gasteiger partial charge is 0.193 e. The summed E-state index contributed by atoms with van der Waals surface area (Å²) >= 11 is 0. The lowest BCUT2D eigenvalue weighted by molar-refractivity contribution is 0.415. The van der Waals surface area contributed by atoms with Crippen molar-refractivity contribution in [1.29, 1.82) is 0 Å². The van der Waals surface area contributed by atoms with E-state index in [0.717, 1.165) is 40.8 Å². The van der Waals surface area contributed by atoms with Crippen molar-refractivity contribution in [3.63, 3.8) is 0 Å². The number of benzene rings is 1. The van der Waals surface area contributed by atoms with Crippen LogP contribution in [0.15, 0.2) is 29.1 Å². The van der Waals surface area contributed by atoms with Crippen molar-refractivity contribution in [2.24, 2.45) is 7.05 Å². The van der Waals surface area contributed by atoms with Gasteiger partial charge in [-0.3, -0.25) is 4.79 Å². The summed E-state index contributed by atoms with van der Waals surface area (Å²) in [5.41, 5.74) is 3.03. The molecule has 92 valence electrons. The molecule has 0 unspecified atom stereocenters. The number of aryl methyl sites for hydroxylation is 1. The molecule has 1 aliphatic carbocycles. The highest BCUT2D eigenvalue weighted by Gasteiger charge is 2.15. The first-order valence-corrected chi connectivity index (χ1v) is 6.08. The highest BCUT2D eigenvalue weighted by atomic mass is 16.5. The number of fused-ring (bicyclic) bond motifs is 2. The van der Waals surface area contributed by atoms with Crippen LogP contribution in [0.3, 0.4) is 0 Å². The first-order valence-electron chi connectivity index (χ1n) is 6.08. The minimum atomic E-state index is 0.158. The van der Waals surface area contributed by atoms with Crippen LogP contribution in [0.1, 0.15) is 17.7 Å². The second-order valence-electron chi connectivity index (χ2n) is 4.58. The van der Waals surface area contributed by atoms with Gasteiger partial charge in [-0.2, -0.15) is 0 Å². The summed E-state index contributed by atoms with van der Waals surface area (Å²) < 4.78 is 7.30. The Morgan fingerprint density at radius 3 is 2.94 bits per heavy atom. The Hall–Kier alpha value is -2.03. The molecule has 1 heterocycles. The normalized spacial score (nSPS) is 13.7. The number of methoxy groups -OCH3 is 1. The molecule has 0 saturated heterocycles. The molecule has 1 aliphatic rings. The van der Waals surface area contributed by atoms with Crippen LogP contribution in [0.4, 0.5) is 0 Å². The summed E-state index contributed by atoms with van der Waals surface area (Å²) in [6, 6.07) is 5.61. The topological polar surface area (TPSA) is 31.2 Å². The maximum Gasteiger partial charge on any atom is 0.193 e. The second kappa shape index (κ2) is 4.02. The molecule has 0 fully saturated rings. The van der Waals surface area contributed by atoms with E-state index >= 15 is 0 Å². The third-order valence-corrected chi connectivity index (χ3v) is 3.59. The molecule has 3 nitrogen and oxygen atoms in total. The fourth-order valence-corrected chi connectivity index (χ4v) is 2.60. The molecule has 3 rings (SSSR count). The Bertz CT molecular complexity index is 710. The molecule has 0 bridgehead atoms. The van der Waals surface area contributed by atoms with E-state index in [0.29, 0.717) is 0 Å². The van der Waals surface area contributed by atoms with Gasteiger partial charge < -0.3 is 9.30 Å². The van der Waals surface area contributed by atoms with Gasteiger partial charge in [-0.1, -0.05) is 6.08 Å². The molecule has 2 aromatic rings. The maximum atomic E-state index is 12.4.